The van der Waals surface area contributed by atoms with E-state index in [1.165, 1.54) is 12.8 Å². The van der Waals surface area contributed by atoms with Gasteiger partial charge in [-0.05, 0) is 50.6 Å². The first-order valence-corrected chi connectivity index (χ1v) is 8.62. The molecule has 0 saturated carbocycles. The maximum Gasteiger partial charge on any atom is 0.317 e. The van der Waals surface area contributed by atoms with E-state index in [0.717, 1.165) is 52.1 Å². The van der Waals surface area contributed by atoms with Gasteiger partial charge in [0.15, 0.2) is 0 Å². The highest BCUT2D eigenvalue weighted by molar-refractivity contribution is 5.75. The lowest BCUT2D eigenvalue weighted by molar-refractivity contribution is -0.119. The first-order chi connectivity index (χ1) is 10.6. The van der Waals surface area contributed by atoms with Gasteiger partial charge >= 0.3 is 6.03 Å². The van der Waals surface area contributed by atoms with Crippen LogP contribution in [0.3, 0.4) is 0 Å². The van der Waals surface area contributed by atoms with Crippen LogP contribution in [0.5, 0.6) is 0 Å². The Labute approximate surface area is 133 Å². The molecule has 0 aromatic heterocycles. The summed E-state index contributed by atoms with van der Waals surface area (Å²) < 4.78 is 0. The molecule has 2 rings (SSSR count). The Bertz CT molecular complexity index is 380. The number of carbonyl (C=O) groups excluding carboxylic acids is 2. The largest absolute Gasteiger partial charge is 0.370 e. The van der Waals surface area contributed by atoms with Crippen LogP contribution in [0.2, 0.25) is 0 Å². The quantitative estimate of drug-likeness (QED) is 0.768. The second-order valence-electron chi connectivity index (χ2n) is 6.74. The lowest BCUT2D eigenvalue weighted by atomic mass is 9.93. The van der Waals surface area contributed by atoms with Crippen molar-refractivity contribution in [2.45, 2.75) is 39.0 Å². The molecule has 22 heavy (non-hydrogen) atoms. The summed E-state index contributed by atoms with van der Waals surface area (Å²) in [5.41, 5.74) is 5.23. The van der Waals surface area contributed by atoms with E-state index < -0.39 is 0 Å². The smallest absolute Gasteiger partial charge is 0.317 e. The van der Waals surface area contributed by atoms with Crippen LogP contribution in [0.25, 0.3) is 0 Å². The highest BCUT2D eigenvalue weighted by atomic mass is 16.2. The van der Waals surface area contributed by atoms with Gasteiger partial charge in [0.25, 0.3) is 0 Å². The van der Waals surface area contributed by atoms with Crippen LogP contribution in [-0.4, -0.2) is 61.0 Å². The van der Waals surface area contributed by atoms with Gasteiger partial charge in [0.1, 0.15) is 0 Å². The van der Waals surface area contributed by atoms with Crippen molar-refractivity contribution in [3.8, 4) is 0 Å². The molecule has 3 N–H and O–H groups in total. The lowest BCUT2D eigenvalue weighted by Gasteiger charge is -2.31. The number of rotatable bonds is 6. The minimum Gasteiger partial charge on any atom is -0.370 e. The van der Waals surface area contributed by atoms with Crippen LogP contribution in [0.4, 0.5) is 4.79 Å². The zero-order valence-electron chi connectivity index (χ0n) is 13.7. The van der Waals surface area contributed by atoms with E-state index in [0.29, 0.717) is 18.3 Å². The van der Waals surface area contributed by atoms with Crippen LogP contribution in [0.1, 0.15) is 39.0 Å². The molecule has 0 bridgehead atoms. The van der Waals surface area contributed by atoms with Crippen LogP contribution >= 0.6 is 0 Å². The van der Waals surface area contributed by atoms with Gasteiger partial charge in [-0.15, -0.1) is 0 Å². The van der Waals surface area contributed by atoms with Gasteiger partial charge in [-0.25, -0.2) is 4.79 Å². The maximum absolute atomic E-state index is 12.2. The molecule has 6 nitrogen and oxygen atoms in total. The van der Waals surface area contributed by atoms with Crippen LogP contribution in [0.15, 0.2) is 0 Å². The van der Waals surface area contributed by atoms with Gasteiger partial charge in [-0.1, -0.05) is 6.92 Å². The lowest BCUT2D eigenvalue weighted by Crippen LogP contribution is -2.46. The number of nitrogens with two attached hydrogens (primary N) is 1. The number of carbonyl (C=O) groups is 2. The van der Waals surface area contributed by atoms with E-state index in [-0.39, 0.29) is 11.9 Å². The van der Waals surface area contributed by atoms with Gasteiger partial charge < -0.3 is 20.9 Å². The van der Waals surface area contributed by atoms with E-state index in [1.807, 2.05) is 4.90 Å². The third kappa shape index (κ3) is 5.16. The fourth-order valence-electron chi connectivity index (χ4n) is 3.57. The summed E-state index contributed by atoms with van der Waals surface area (Å²) in [6, 6.07) is 0.0477. The molecule has 126 valence electrons. The number of piperidine rings is 1. The highest BCUT2D eigenvalue weighted by Gasteiger charge is 2.26. The molecule has 1 atom stereocenters. The highest BCUT2D eigenvalue weighted by Crippen LogP contribution is 2.20. The van der Waals surface area contributed by atoms with E-state index in [4.69, 9.17) is 5.73 Å². The molecule has 6 heteroatoms. The summed E-state index contributed by atoms with van der Waals surface area (Å²) in [7, 11) is 0. The maximum atomic E-state index is 12.2. The molecule has 2 saturated heterocycles. The predicted octanol–water partition coefficient (Wildman–Crippen LogP) is 1.02. The van der Waals surface area contributed by atoms with Crippen LogP contribution < -0.4 is 11.1 Å². The second kappa shape index (κ2) is 8.36. The third-order valence-electron chi connectivity index (χ3n) is 4.84. The molecular weight excluding hydrogens is 280 g/mol. The average molecular weight is 310 g/mol. The number of amides is 3. The zero-order valence-corrected chi connectivity index (χ0v) is 13.7. The molecule has 2 aliphatic heterocycles. The minimum absolute atomic E-state index is 0.0477. The number of nitrogens with zero attached hydrogens (tertiary/aromatic N) is 2. The summed E-state index contributed by atoms with van der Waals surface area (Å²) in [6.07, 6.45) is 4.58. The first kappa shape index (κ1) is 17.1. The summed E-state index contributed by atoms with van der Waals surface area (Å²) in [4.78, 5) is 27.5. The molecule has 3 amide bonds. The molecule has 1 unspecified atom stereocenters. The predicted molar refractivity (Wildman–Crippen MR) is 86.3 cm³/mol. The van der Waals surface area contributed by atoms with Crippen molar-refractivity contribution < 1.29 is 9.59 Å². The number of hydrogen-bond donors (Lipinski definition) is 2. The van der Waals surface area contributed by atoms with Crippen molar-refractivity contribution in [3.05, 3.63) is 0 Å². The third-order valence-corrected chi connectivity index (χ3v) is 4.84. The van der Waals surface area contributed by atoms with Crippen molar-refractivity contribution in [2.24, 2.45) is 17.6 Å². The Hall–Kier alpha value is -1.30. The fourth-order valence-corrected chi connectivity index (χ4v) is 3.57. The van der Waals surface area contributed by atoms with Crippen LogP contribution in [0, 0.1) is 11.8 Å². The number of nitrogens with one attached hydrogen (secondary N) is 1. The molecule has 0 aromatic carbocycles. The van der Waals surface area contributed by atoms with Gasteiger partial charge in [0.2, 0.25) is 5.91 Å². The summed E-state index contributed by atoms with van der Waals surface area (Å²) >= 11 is 0. The van der Waals surface area contributed by atoms with Gasteiger partial charge in [-0.2, -0.15) is 0 Å². The summed E-state index contributed by atoms with van der Waals surface area (Å²) in [5.74, 6) is 0.697. The Morgan fingerprint density at radius 3 is 2.45 bits per heavy atom. The average Bonchev–Trinajstić information content (AvgIpc) is 2.93. The fraction of sp³-hybridized carbons (Fsp3) is 0.875. The van der Waals surface area contributed by atoms with E-state index >= 15 is 0 Å². The van der Waals surface area contributed by atoms with Crippen molar-refractivity contribution in [1.29, 1.82) is 0 Å². The number of likely N-dealkylation sites (tertiary alicyclic amines) is 2. The Morgan fingerprint density at radius 1 is 1.14 bits per heavy atom. The van der Waals surface area contributed by atoms with E-state index in [1.54, 1.807) is 0 Å². The first-order valence-electron chi connectivity index (χ1n) is 8.62. The number of urea groups is 1. The molecule has 0 radical (unpaired) electrons. The Balaban J connectivity index is 1.63. The molecule has 2 heterocycles. The number of hydrogen-bond acceptors (Lipinski definition) is 3. The Morgan fingerprint density at radius 2 is 1.82 bits per heavy atom. The van der Waals surface area contributed by atoms with Gasteiger partial charge in [0.05, 0.1) is 0 Å². The van der Waals surface area contributed by atoms with Crippen molar-refractivity contribution in [3.63, 3.8) is 0 Å². The normalized spacial score (nSPS) is 23.7. The van der Waals surface area contributed by atoms with E-state index in [9.17, 15) is 9.59 Å². The summed E-state index contributed by atoms with van der Waals surface area (Å²) in [5, 5.41) is 3.08. The SMILES string of the molecule is CCCN1CCC(CNC(=O)N2CCC(CC(N)=O)CC2)C1. The monoisotopic (exact) mass is 310 g/mol. The standard InChI is InChI=1S/C16H30N4O2/c1-2-6-19-7-3-14(12-19)11-18-16(22)20-8-4-13(5-9-20)10-15(17)21/h13-14H,2-12H2,1H3,(H2,17,21)(H,18,22). The van der Waals surface area contributed by atoms with Crippen molar-refractivity contribution >= 4 is 11.9 Å². The molecule has 2 aliphatic rings. The minimum atomic E-state index is -0.235. The molecular formula is C16H30N4O2. The second-order valence-corrected chi connectivity index (χ2v) is 6.74. The van der Waals surface area contributed by atoms with Crippen molar-refractivity contribution in [1.82, 2.24) is 15.1 Å². The Kier molecular flexibility index (Phi) is 6.49. The molecule has 0 aliphatic carbocycles. The van der Waals surface area contributed by atoms with Gasteiger partial charge in [-0.3, -0.25) is 4.79 Å². The summed E-state index contributed by atoms with van der Waals surface area (Å²) in [6.45, 7) is 7.88. The zero-order chi connectivity index (χ0) is 15.9. The van der Waals surface area contributed by atoms with E-state index in [2.05, 4.69) is 17.1 Å². The molecule has 0 spiro atoms. The van der Waals surface area contributed by atoms with Crippen LogP contribution in [-0.2, 0) is 4.79 Å². The molecule has 0 aromatic rings. The van der Waals surface area contributed by atoms with Crippen molar-refractivity contribution in [2.75, 3.05) is 39.3 Å². The topological polar surface area (TPSA) is 78.7 Å². The van der Waals surface area contributed by atoms with Gasteiger partial charge in [0, 0.05) is 32.6 Å². The number of primary amides is 1. The molecule has 2 fully saturated rings.